The zero-order valence-electron chi connectivity index (χ0n) is 23.0. The van der Waals surface area contributed by atoms with Crippen LogP contribution < -0.4 is 9.80 Å². The highest BCUT2D eigenvalue weighted by Crippen LogP contribution is 2.45. The minimum Gasteiger partial charge on any atom is -0.378 e. The van der Waals surface area contributed by atoms with Crippen molar-refractivity contribution in [2.24, 2.45) is 11.0 Å². The summed E-state index contributed by atoms with van der Waals surface area (Å²) >= 11 is 7.57. The Bertz CT molecular complexity index is 1360. The fourth-order valence-corrected chi connectivity index (χ4v) is 6.20. The molecule has 2 aliphatic rings. The Morgan fingerprint density at radius 1 is 0.949 bits per heavy atom. The summed E-state index contributed by atoms with van der Waals surface area (Å²) in [6.07, 6.45) is 5.33. The van der Waals surface area contributed by atoms with Gasteiger partial charge in [0.25, 0.3) is 5.91 Å². The minimum atomic E-state index is -0.102. The molecule has 0 N–H and O–H groups in total. The van der Waals surface area contributed by atoms with E-state index in [2.05, 4.69) is 78.5 Å². The first kappa shape index (κ1) is 27.4. The monoisotopic (exact) mass is 558 g/mol. The summed E-state index contributed by atoms with van der Waals surface area (Å²) in [6, 6.07) is 24.7. The number of nitrogens with zero attached hydrogens (tertiary/aromatic N) is 4. The van der Waals surface area contributed by atoms with Crippen LogP contribution >= 0.6 is 23.4 Å². The second-order valence-electron chi connectivity index (χ2n) is 10.6. The van der Waals surface area contributed by atoms with Gasteiger partial charge in [-0.1, -0.05) is 35.9 Å². The molecule has 0 unspecified atom stereocenters. The van der Waals surface area contributed by atoms with E-state index in [0.717, 1.165) is 46.7 Å². The lowest BCUT2D eigenvalue weighted by atomic mass is 9.77. The number of carbonyl (C=O) groups excluding carboxylic acids is 1. The first-order valence-corrected chi connectivity index (χ1v) is 14.7. The van der Waals surface area contributed by atoms with E-state index < -0.39 is 0 Å². The van der Waals surface area contributed by atoms with Crippen molar-refractivity contribution >= 4 is 52.4 Å². The molecular formula is C32H35ClN4OS. The van der Waals surface area contributed by atoms with Gasteiger partial charge in [-0.05, 0) is 90.6 Å². The number of halogens is 1. The number of hydrogen-bond donors (Lipinski definition) is 0. The van der Waals surface area contributed by atoms with Crippen molar-refractivity contribution in [2.75, 3.05) is 43.7 Å². The fraction of sp³-hybridized carbons (Fsp3) is 0.312. The highest BCUT2D eigenvalue weighted by Gasteiger charge is 2.43. The van der Waals surface area contributed by atoms with Gasteiger partial charge < -0.3 is 9.80 Å². The molecule has 5 nitrogen and oxygen atoms in total. The van der Waals surface area contributed by atoms with Crippen molar-refractivity contribution in [3.05, 3.63) is 94.5 Å². The van der Waals surface area contributed by atoms with Gasteiger partial charge in [0.1, 0.15) is 0 Å². The molecule has 0 aromatic heterocycles. The second kappa shape index (κ2) is 11.9. The van der Waals surface area contributed by atoms with Crippen LogP contribution in [0.2, 0.25) is 5.02 Å². The molecule has 1 aliphatic carbocycles. The number of thioether (sulfide) groups is 1. The molecule has 3 aromatic rings. The predicted octanol–water partition coefficient (Wildman–Crippen LogP) is 7.39. The van der Waals surface area contributed by atoms with Crippen molar-refractivity contribution < 1.29 is 4.79 Å². The van der Waals surface area contributed by atoms with Gasteiger partial charge in [0.05, 0.1) is 17.5 Å². The standard InChI is InChI=1S/C32H35ClN4OS/c1-35(2)26-14-8-22(9-15-26)20-24-6-5-7-29-31(24)34-37(30(38)21-39-28-18-12-25(33)13-19-28)32(29)23-10-16-27(17-11-23)36(3)4/h8-20,29,32H,5-7,21H2,1-4H3/b24-20-/t29-,32-/m0/s1. The van der Waals surface area contributed by atoms with Gasteiger partial charge in [0, 0.05) is 55.4 Å². The van der Waals surface area contributed by atoms with E-state index in [9.17, 15) is 4.79 Å². The predicted molar refractivity (Wildman–Crippen MR) is 166 cm³/mol. The number of allylic oxidation sites excluding steroid dienone is 1. The SMILES string of the molecule is CN(C)c1ccc(/C=C2/CCC[C@H]3C2=NN(C(=O)CSc2ccc(Cl)cc2)[C@H]3c2ccc(N(C)C)cc2)cc1. The molecule has 1 heterocycles. The molecule has 0 spiro atoms. The molecule has 0 radical (unpaired) electrons. The average molecular weight is 559 g/mol. The number of amides is 1. The van der Waals surface area contributed by atoms with Crippen molar-refractivity contribution in [1.29, 1.82) is 0 Å². The number of rotatable bonds is 7. The first-order chi connectivity index (χ1) is 18.8. The molecule has 1 fully saturated rings. The van der Waals surface area contributed by atoms with Crippen LogP contribution in [0.3, 0.4) is 0 Å². The van der Waals surface area contributed by atoms with Gasteiger partial charge in [-0.25, -0.2) is 5.01 Å². The Morgan fingerprint density at radius 3 is 2.18 bits per heavy atom. The van der Waals surface area contributed by atoms with Crippen LogP contribution in [-0.2, 0) is 4.79 Å². The van der Waals surface area contributed by atoms with Crippen LogP contribution in [0.15, 0.2) is 88.4 Å². The molecule has 0 saturated heterocycles. The Balaban J connectivity index is 1.45. The maximum absolute atomic E-state index is 13.7. The third kappa shape index (κ3) is 6.18. The zero-order valence-corrected chi connectivity index (χ0v) is 24.5. The lowest BCUT2D eigenvalue weighted by Gasteiger charge is -2.30. The summed E-state index contributed by atoms with van der Waals surface area (Å²) in [6.45, 7) is 0. The van der Waals surface area contributed by atoms with Crippen LogP contribution in [-0.4, -0.2) is 50.6 Å². The lowest BCUT2D eigenvalue weighted by Crippen LogP contribution is -2.32. The Kier molecular flexibility index (Phi) is 8.34. The molecule has 39 heavy (non-hydrogen) atoms. The van der Waals surface area contributed by atoms with Gasteiger partial charge in [0.2, 0.25) is 0 Å². The molecule has 202 valence electrons. The summed E-state index contributed by atoms with van der Waals surface area (Å²) in [5, 5.41) is 7.51. The maximum atomic E-state index is 13.7. The molecule has 0 bridgehead atoms. The molecule has 1 amide bonds. The molecule has 2 atom stereocenters. The van der Waals surface area contributed by atoms with Gasteiger partial charge in [0.15, 0.2) is 0 Å². The van der Waals surface area contributed by atoms with Crippen LogP contribution in [0, 0.1) is 5.92 Å². The van der Waals surface area contributed by atoms with E-state index in [4.69, 9.17) is 16.7 Å². The molecule has 1 saturated carbocycles. The highest BCUT2D eigenvalue weighted by molar-refractivity contribution is 8.00. The summed E-state index contributed by atoms with van der Waals surface area (Å²) in [5.74, 6) is 0.525. The van der Waals surface area contributed by atoms with E-state index in [0.29, 0.717) is 10.8 Å². The summed E-state index contributed by atoms with van der Waals surface area (Å²) in [7, 11) is 8.18. The maximum Gasteiger partial charge on any atom is 0.253 e. The van der Waals surface area contributed by atoms with Crippen LogP contribution in [0.1, 0.15) is 36.4 Å². The van der Waals surface area contributed by atoms with Crippen molar-refractivity contribution in [2.45, 2.75) is 30.2 Å². The normalized spacial score (nSPS) is 19.6. The van der Waals surface area contributed by atoms with E-state index in [-0.39, 0.29) is 17.9 Å². The van der Waals surface area contributed by atoms with E-state index in [1.165, 1.54) is 23.0 Å². The largest absolute Gasteiger partial charge is 0.378 e. The number of hydrazone groups is 1. The fourth-order valence-electron chi connectivity index (χ4n) is 5.32. The van der Waals surface area contributed by atoms with E-state index in [1.807, 2.05) is 38.4 Å². The van der Waals surface area contributed by atoms with Gasteiger partial charge in [-0.2, -0.15) is 5.10 Å². The van der Waals surface area contributed by atoms with Crippen LogP contribution in [0.4, 0.5) is 11.4 Å². The van der Waals surface area contributed by atoms with Gasteiger partial charge in [-0.3, -0.25) is 4.79 Å². The quantitative estimate of drug-likeness (QED) is 0.283. The van der Waals surface area contributed by atoms with E-state index >= 15 is 0 Å². The first-order valence-electron chi connectivity index (χ1n) is 13.3. The molecule has 1 aliphatic heterocycles. The Labute approximate surface area is 241 Å². The lowest BCUT2D eigenvalue weighted by molar-refractivity contribution is -0.130. The highest BCUT2D eigenvalue weighted by atomic mass is 35.5. The number of benzene rings is 3. The topological polar surface area (TPSA) is 39.1 Å². The summed E-state index contributed by atoms with van der Waals surface area (Å²) < 4.78 is 0. The van der Waals surface area contributed by atoms with Crippen molar-refractivity contribution in [1.82, 2.24) is 5.01 Å². The number of hydrogen-bond acceptors (Lipinski definition) is 5. The van der Waals surface area contributed by atoms with E-state index in [1.54, 1.807) is 5.01 Å². The number of anilines is 2. The van der Waals surface area contributed by atoms with Crippen LogP contribution in [0.5, 0.6) is 0 Å². The average Bonchev–Trinajstić information content (AvgIpc) is 3.34. The van der Waals surface area contributed by atoms with Crippen LogP contribution in [0.25, 0.3) is 6.08 Å². The summed E-state index contributed by atoms with van der Waals surface area (Å²) in [5.41, 5.74) is 6.90. The van der Waals surface area contributed by atoms with Crippen molar-refractivity contribution in [3.8, 4) is 0 Å². The van der Waals surface area contributed by atoms with Gasteiger partial charge in [-0.15, -0.1) is 11.8 Å². The zero-order chi connectivity index (χ0) is 27.5. The minimum absolute atomic E-state index is 0.0215. The summed E-state index contributed by atoms with van der Waals surface area (Å²) in [4.78, 5) is 18.9. The molecule has 3 aromatic carbocycles. The molecular weight excluding hydrogens is 524 g/mol. The smallest absolute Gasteiger partial charge is 0.253 e. The number of fused-ring (bicyclic) bond motifs is 1. The Morgan fingerprint density at radius 2 is 1.56 bits per heavy atom. The third-order valence-electron chi connectivity index (χ3n) is 7.43. The van der Waals surface area contributed by atoms with Crippen molar-refractivity contribution in [3.63, 3.8) is 0 Å². The number of carbonyl (C=O) groups is 1. The third-order valence-corrected chi connectivity index (χ3v) is 8.68. The second-order valence-corrected chi connectivity index (χ2v) is 12.0. The molecule has 5 rings (SSSR count). The van der Waals surface area contributed by atoms with Gasteiger partial charge >= 0.3 is 0 Å². The molecule has 7 heteroatoms. The Hall–Kier alpha value is -3.22.